The summed E-state index contributed by atoms with van der Waals surface area (Å²) in [5, 5.41) is 0. The van der Waals surface area contributed by atoms with Crippen LogP contribution >= 0.6 is 0 Å². The van der Waals surface area contributed by atoms with Crippen LogP contribution in [0.15, 0.2) is 24.3 Å². The van der Waals surface area contributed by atoms with Gasteiger partial charge in [0.05, 0.1) is 0 Å². The van der Waals surface area contributed by atoms with Crippen LogP contribution in [0.4, 0.5) is 8.78 Å². The van der Waals surface area contributed by atoms with Crippen molar-refractivity contribution in [3.05, 3.63) is 35.9 Å². The summed E-state index contributed by atoms with van der Waals surface area (Å²) in [7, 11) is 1.76. The molecule has 0 N–H and O–H groups in total. The predicted octanol–water partition coefficient (Wildman–Crippen LogP) is 2.89. The lowest BCUT2D eigenvalue weighted by Crippen LogP contribution is -2.29. The standard InChI is InChI=1S/C6H4F2.C5H15NSi/c7-5-2-1-3-6(8)4-5;1-5-6(2)7(3)4/h1-4H;7H,5H2,1-4H3. The van der Waals surface area contributed by atoms with Crippen LogP contribution in [0.5, 0.6) is 0 Å². The Kier molecular flexibility index (Phi) is 7.16. The van der Waals surface area contributed by atoms with Gasteiger partial charge in [-0.05, 0) is 25.7 Å². The summed E-state index contributed by atoms with van der Waals surface area (Å²) >= 11 is 0. The van der Waals surface area contributed by atoms with E-state index in [1.54, 1.807) is 0 Å². The first-order valence-electron chi connectivity index (χ1n) is 5.08. The molecule has 0 amide bonds. The van der Waals surface area contributed by atoms with Crippen molar-refractivity contribution in [3.8, 4) is 0 Å². The minimum absolute atomic E-state index is 0.431. The van der Waals surface area contributed by atoms with Crippen molar-refractivity contribution in [2.24, 2.45) is 0 Å². The highest BCUT2D eigenvalue weighted by Crippen LogP contribution is 1.99. The monoisotopic (exact) mass is 231 g/mol. The summed E-state index contributed by atoms with van der Waals surface area (Å²) in [5.41, 5.74) is 0. The number of hydrogen-bond donors (Lipinski definition) is 0. The molecule has 0 atom stereocenters. The smallest absolute Gasteiger partial charge is 0.126 e. The molecule has 0 aliphatic carbocycles. The molecule has 0 aromatic heterocycles. The van der Waals surface area contributed by atoms with Gasteiger partial charge in [0.2, 0.25) is 0 Å². The second-order valence-electron chi connectivity index (χ2n) is 3.61. The predicted molar refractivity (Wildman–Crippen MR) is 63.5 cm³/mol. The van der Waals surface area contributed by atoms with E-state index in [-0.39, 0.29) is 0 Å². The Labute approximate surface area is 92.4 Å². The van der Waals surface area contributed by atoms with E-state index in [2.05, 4.69) is 31.6 Å². The van der Waals surface area contributed by atoms with Gasteiger partial charge in [0.1, 0.15) is 20.6 Å². The third-order valence-electron chi connectivity index (χ3n) is 2.17. The molecule has 0 bridgehead atoms. The van der Waals surface area contributed by atoms with E-state index in [9.17, 15) is 8.78 Å². The summed E-state index contributed by atoms with van der Waals surface area (Å²) in [6, 6.07) is 4.55. The molecule has 0 heterocycles. The molecule has 0 saturated heterocycles. The zero-order chi connectivity index (χ0) is 11.8. The Morgan fingerprint density at radius 1 is 1.20 bits per heavy atom. The molecule has 0 aliphatic heterocycles. The molecule has 0 aliphatic rings. The van der Waals surface area contributed by atoms with Gasteiger partial charge in [-0.15, -0.1) is 0 Å². The van der Waals surface area contributed by atoms with Crippen LogP contribution in [0.2, 0.25) is 13.1 Å². The number of halogens is 2. The second-order valence-corrected chi connectivity index (χ2v) is 6.68. The van der Waals surface area contributed by atoms with Gasteiger partial charge in [-0.25, -0.2) is 8.78 Å². The van der Waals surface area contributed by atoms with Crippen molar-refractivity contribution in [2.75, 3.05) is 13.6 Å². The molecule has 0 radical (unpaired) electrons. The third kappa shape index (κ3) is 7.22. The minimum Gasteiger partial charge on any atom is -0.329 e. The Morgan fingerprint density at radius 2 is 1.67 bits per heavy atom. The van der Waals surface area contributed by atoms with Crippen LogP contribution in [0, 0.1) is 11.6 Å². The molecule has 0 fully saturated rings. The van der Waals surface area contributed by atoms with Crippen molar-refractivity contribution in [1.82, 2.24) is 4.57 Å². The highest BCUT2D eigenvalue weighted by atomic mass is 28.3. The Bertz CT molecular complexity index is 262. The van der Waals surface area contributed by atoms with E-state index >= 15 is 0 Å². The maximum Gasteiger partial charge on any atom is 0.126 e. The number of benzene rings is 1. The van der Waals surface area contributed by atoms with Crippen LogP contribution < -0.4 is 0 Å². The molecular weight excluding hydrogens is 212 g/mol. The molecule has 1 rings (SSSR count). The quantitative estimate of drug-likeness (QED) is 0.707. The lowest BCUT2D eigenvalue weighted by Gasteiger charge is -2.16. The van der Waals surface area contributed by atoms with Crippen molar-refractivity contribution in [1.29, 1.82) is 0 Å². The van der Waals surface area contributed by atoms with Gasteiger partial charge in [-0.3, -0.25) is 0 Å². The van der Waals surface area contributed by atoms with Gasteiger partial charge in [0, 0.05) is 6.07 Å². The third-order valence-corrected chi connectivity index (χ3v) is 4.30. The van der Waals surface area contributed by atoms with Crippen molar-refractivity contribution in [2.45, 2.75) is 20.0 Å². The molecular formula is C11H19F2NSi. The lowest BCUT2D eigenvalue weighted by molar-refractivity contribution is 0.556. The van der Waals surface area contributed by atoms with E-state index in [1.807, 2.05) is 0 Å². The Hall–Kier alpha value is -0.743. The van der Waals surface area contributed by atoms with E-state index in [1.165, 1.54) is 24.7 Å². The van der Waals surface area contributed by atoms with Gasteiger partial charge >= 0.3 is 0 Å². The maximum absolute atomic E-state index is 11.9. The van der Waals surface area contributed by atoms with E-state index < -0.39 is 20.6 Å². The minimum atomic E-state index is -0.537. The second kappa shape index (κ2) is 7.54. The highest BCUT2D eigenvalue weighted by molar-refractivity contribution is 6.52. The fourth-order valence-electron chi connectivity index (χ4n) is 0.825. The summed E-state index contributed by atoms with van der Waals surface area (Å²) in [4.78, 5) is 0. The van der Waals surface area contributed by atoms with Crippen LogP contribution in [-0.2, 0) is 0 Å². The fraction of sp³-hybridized carbons (Fsp3) is 0.455. The van der Waals surface area contributed by atoms with Crippen molar-refractivity contribution < 1.29 is 8.78 Å². The maximum atomic E-state index is 11.9. The van der Waals surface area contributed by atoms with Gasteiger partial charge in [0.25, 0.3) is 0 Å². The van der Waals surface area contributed by atoms with E-state index in [0.29, 0.717) is 0 Å². The zero-order valence-electron chi connectivity index (χ0n) is 9.80. The summed E-state index contributed by atoms with van der Waals surface area (Å²) in [6.07, 6.45) is 0. The van der Waals surface area contributed by atoms with Crippen LogP contribution in [0.25, 0.3) is 0 Å². The molecule has 0 spiro atoms. The Morgan fingerprint density at radius 3 is 1.80 bits per heavy atom. The summed E-state index contributed by atoms with van der Waals surface area (Å²) in [6.45, 7) is 8.09. The van der Waals surface area contributed by atoms with Gasteiger partial charge < -0.3 is 4.57 Å². The highest BCUT2D eigenvalue weighted by Gasteiger charge is 1.98. The number of nitrogens with zero attached hydrogens (tertiary/aromatic N) is 1. The van der Waals surface area contributed by atoms with Gasteiger partial charge in [-0.1, -0.05) is 26.1 Å². The van der Waals surface area contributed by atoms with E-state index in [4.69, 9.17) is 0 Å². The van der Waals surface area contributed by atoms with E-state index in [0.717, 1.165) is 6.07 Å². The zero-order valence-corrected chi connectivity index (χ0v) is 11.0. The molecule has 1 aromatic rings. The van der Waals surface area contributed by atoms with Crippen molar-refractivity contribution >= 4 is 8.96 Å². The molecule has 4 heteroatoms. The summed E-state index contributed by atoms with van der Waals surface area (Å²) in [5.74, 6) is -1.07. The molecule has 1 nitrogen and oxygen atoms in total. The first-order valence-corrected chi connectivity index (χ1v) is 7.91. The lowest BCUT2D eigenvalue weighted by atomic mass is 10.3. The average Bonchev–Trinajstić information content (AvgIpc) is 2.17. The largest absolute Gasteiger partial charge is 0.329 e. The van der Waals surface area contributed by atoms with Gasteiger partial charge in [0.15, 0.2) is 0 Å². The molecule has 0 unspecified atom stereocenters. The van der Waals surface area contributed by atoms with Crippen LogP contribution in [-0.4, -0.2) is 27.1 Å². The fourth-order valence-corrected chi connectivity index (χ4v) is 1.56. The van der Waals surface area contributed by atoms with Crippen LogP contribution in [0.1, 0.15) is 6.92 Å². The van der Waals surface area contributed by atoms with Crippen molar-refractivity contribution in [3.63, 3.8) is 0 Å². The Balaban J connectivity index is 0.000000265. The topological polar surface area (TPSA) is 3.24 Å². The average molecular weight is 231 g/mol. The normalized spacial score (nSPS) is 10.1. The first-order chi connectivity index (χ1) is 6.97. The number of hydrogen-bond acceptors (Lipinski definition) is 1. The van der Waals surface area contributed by atoms with Gasteiger partial charge in [-0.2, -0.15) is 0 Å². The molecule has 86 valence electrons. The SMILES string of the molecule is CCN(C)[SiH](C)C.Fc1cccc(F)c1. The molecule has 0 saturated carbocycles. The molecule has 1 aromatic carbocycles. The molecule has 15 heavy (non-hydrogen) atoms. The van der Waals surface area contributed by atoms with Crippen LogP contribution in [0.3, 0.4) is 0 Å². The summed E-state index contributed by atoms with van der Waals surface area (Å²) < 4.78 is 26.3. The number of rotatable bonds is 2. The first kappa shape index (κ1) is 14.3.